The highest BCUT2D eigenvalue weighted by molar-refractivity contribution is 7.90. The molecule has 8 heteroatoms. The van der Waals surface area contributed by atoms with Crippen LogP contribution in [0.1, 0.15) is 15.9 Å². The normalized spacial score (nSPS) is 11.0. The van der Waals surface area contributed by atoms with Crippen LogP contribution in [0.15, 0.2) is 47.4 Å². The molecular formula is C15H14N2O5S. The summed E-state index contributed by atoms with van der Waals surface area (Å²) >= 11 is 0. The van der Waals surface area contributed by atoms with Crippen LogP contribution in [-0.4, -0.2) is 25.5 Å². The SMILES string of the molecule is Cc1cccc(NC(=O)c2ccc(S(C)(=O)=O)c([N+](=O)[O-])c2)c1. The van der Waals surface area contributed by atoms with Crippen LogP contribution in [0.5, 0.6) is 0 Å². The van der Waals surface area contributed by atoms with Crippen LogP contribution < -0.4 is 5.32 Å². The molecule has 0 radical (unpaired) electrons. The first-order chi connectivity index (χ1) is 10.7. The zero-order valence-corrected chi connectivity index (χ0v) is 13.3. The Bertz CT molecular complexity index is 890. The van der Waals surface area contributed by atoms with Crippen LogP contribution in [-0.2, 0) is 9.84 Å². The summed E-state index contributed by atoms with van der Waals surface area (Å²) in [5.74, 6) is -0.557. The topological polar surface area (TPSA) is 106 Å². The molecule has 0 spiro atoms. The van der Waals surface area contributed by atoms with E-state index in [1.807, 2.05) is 13.0 Å². The number of nitro benzene ring substituents is 1. The summed E-state index contributed by atoms with van der Waals surface area (Å²) in [4.78, 5) is 22.0. The third-order valence-corrected chi connectivity index (χ3v) is 4.24. The molecule has 2 aromatic carbocycles. The number of hydrogen-bond acceptors (Lipinski definition) is 5. The minimum Gasteiger partial charge on any atom is -0.322 e. The summed E-state index contributed by atoms with van der Waals surface area (Å²) in [5.41, 5.74) is 0.876. The smallest absolute Gasteiger partial charge is 0.288 e. The Hall–Kier alpha value is -2.74. The van der Waals surface area contributed by atoms with Gasteiger partial charge in [-0.2, -0.15) is 0 Å². The molecule has 0 bridgehead atoms. The van der Waals surface area contributed by atoms with Crippen molar-refractivity contribution in [2.75, 3.05) is 11.6 Å². The van der Waals surface area contributed by atoms with E-state index >= 15 is 0 Å². The highest BCUT2D eigenvalue weighted by Gasteiger charge is 2.24. The fourth-order valence-corrected chi connectivity index (χ4v) is 2.87. The first-order valence-electron chi connectivity index (χ1n) is 6.55. The third-order valence-electron chi connectivity index (χ3n) is 3.09. The predicted octanol–water partition coefficient (Wildman–Crippen LogP) is 2.56. The minimum absolute atomic E-state index is 0.00519. The zero-order chi connectivity index (χ0) is 17.2. The zero-order valence-electron chi connectivity index (χ0n) is 12.4. The van der Waals surface area contributed by atoms with Gasteiger partial charge in [0.1, 0.15) is 4.90 Å². The van der Waals surface area contributed by atoms with Crippen molar-refractivity contribution < 1.29 is 18.1 Å². The molecule has 0 atom stereocenters. The van der Waals surface area contributed by atoms with Crippen molar-refractivity contribution in [1.82, 2.24) is 0 Å². The number of nitrogens with zero attached hydrogens (tertiary/aromatic N) is 1. The number of aryl methyl sites for hydroxylation is 1. The average Bonchev–Trinajstić information content (AvgIpc) is 2.45. The molecule has 0 unspecified atom stereocenters. The molecule has 120 valence electrons. The molecule has 2 rings (SSSR count). The van der Waals surface area contributed by atoms with E-state index in [2.05, 4.69) is 5.32 Å². The van der Waals surface area contributed by atoms with Gasteiger partial charge in [0.25, 0.3) is 11.6 Å². The van der Waals surface area contributed by atoms with E-state index in [0.29, 0.717) is 5.69 Å². The summed E-state index contributed by atoms with van der Waals surface area (Å²) in [6.45, 7) is 1.86. The largest absolute Gasteiger partial charge is 0.322 e. The molecule has 1 N–H and O–H groups in total. The van der Waals surface area contributed by atoms with Crippen molar-refractivity contribution in [3.05, 3.63) is 63.7 Å². The molecule has 7 nitrogen and oxygen atoms in total. The van der Waals surface area contributed by atoms with Crippen LogP contribution in [0.2, 0.25) is 0 Å². The molecule has 0 aliphatic carbocycles. The standard InChI is InChI=1S/C15H14N2O5S/c1-10-4-3-5-12(8-10)16-15(18)11-6-7-14(23(2,21)22)13(9-11)17(19)20/h3-9H,1-2H3,(H,16,18). The maximum atomic E-state index is 12.2. The Labute approximate surface area is 133 Å². The Balaban J connectivity index is 2.39. The molecule has 0 aliphatic heterocycles. The second-order valence-corrected chi connectivity index (χ2v) is 7.02. The van der Waals surface area contributed by atoms with Gasteiger partial charge in [-0.05, 0) is 36.8 Å². The van der Waals surface area contributed by atoms with Gasteiger partial charge >= 0.3 is 0 Å². The summed E-state index contributed by atoms with van der Waals surface area (Å²) in [6, 6.07) is 10.3. The summed E-state index contributed by atoms with van der Waals surface area (Å²) in [6.07, 6.45) is 0.877. The minimum atomic E-state index is -3.76. The molecule has 0 saturated carbocycles. The predicted molar refractivity (Wildman–Crippen MR) is 85.3 cm³/mol. The average molecular weight is 334 g/mol. The van der Waals surface area contributed by atoms with Crippen LogP contribution in [0.4, 0.5) is 11.4 Å². The van der Waals surface area contributed by atoms with Gasteiger partial charge in [-0.15, -0.1) is 0 Å². The van der Waals surface area contributed by atoms with Crippen molar-refractivity contribution in [1.29, 1.82) is 0 Å². The number of amides is 1. The number of sulfone groups is 1. The number of carbonyl (C=O) groups is 1. The van der Waals surface area contributed by atoms with Gasteiger partial charge in [0.2, 0.25) is 0 Å². The van der Waals surface area contributed by atoms with Crippen molar-refractivity contribution >= 4 is 27.1 Å². The highest BCUT2D eigenvalue weighted by Crippen LogP contribution is 2.25. The first kappa shape index (κ1) is 16.6. The number of benzene rings is 2. The lowest BCUT2D eigenvalue weighted by molar-refractivity contribution is -0.387. The van der Waals surface area contributed by atoms with Crippen molar-refractivity contribution in [3.63, 3.8) is 0 Å². The lowest BCUT2D eigenvalue weighted by Crippen LogP contribution is -2.13. The van der Waals surface area contributed by atoms with Gasteiger partial charge in [0, 0.05) is 23.6 Å². The lowest BCUT2D eigenvalue weighted by Gasteiger charge is -2.07. The van der Waals surface area contributed by atoms with Crippen molar-refractivity contribution in [2.45, 2.75) is 11.8 Å². The third kappa shape index (κ3) is 3.92. The summed E-state index contributed by atoms with van der Waals surface area (Å²) < 4.78 is 23.1. The van der Waals surface area contributed by atoms with Gasteiger partial charge in [0.15, 0.2) is 9.84 Å². The summed E-state index contributed by atoms with van der Waals surface area (Å²) in [7, 11) is -3.76. The maximum absolute atomic E-state index is 12.2. The van der Waals surface area contributed by atoms with Crippen LogP contribution in [0.3, 0.4) is 0 Å². The first-order valence-corrected chi connectivity index (χ1v) is 8.44. The lowest BCUT2D eigenvalue weighted by atomic mass is 10.1. The fraction of sp³-hybridized carbons (Fsp3) is 0.133. The van der Waals surface area contributed by atoms with Crippen LogP contribution in [0.25, 0.3) is 0 Å². The molecule has 1 amide bonds. The number of nitrogens with one attached hydrogen (secondary N) is 1. The Morgan fingerprint density at radius 1 is 1.17 bits per heavy atom. The molecular weight excluding hydrogens is 320 g/mol. The highest BCUT2D eigenvalue weighted by atomic mass is 32.2. The Morgan fingerprint density at radius 2 is 1.87 bits per heavy atom. The quantitative estimate of drug-likeness (QED) is 0.683. The Kier molecular flexibility index (Phi) is 4.46. The molecule has 0 aliphatic rings. The van der Waals surface area contributed by atoms with E-state index in [1.54, 1.807) is 18.2 Å². The molecule has 0 heterocycles. The van der Waals surface area contributed by atoms with Crippen molar-refractivity contribution in [3.8, 4) is 0 Å². The number of anilines is 1. The van der Waals surface area contributed by atoms with E-state index < -0.39 is 31.3 Å². The monoisotopic (exact) mass is 334 g/mol. The number of hydrogen-bond donors (Lipinski definition) is 1. The molecule has 0 saturated heterocycles. The van der Waals surface area contributed by atoms with Gasteiger partial charge in [0.05, 0.1) is 4.92 Å². The Morgan fingerprint density at radius 3 is 2.43 bits per heavy atom. The fourth-order valence-electron chi connectivity index (χ4n) is 2.04. The van der Waals surface area contributed by atoms with Crippen LogP contribution >= 0.6 is 0 Å². The number of rotatable bonds is 4. The number of carbonyl (C=O) groups excluding carboxylic acids is 1. The molecule has 0 fully saturated rings. The van der Waals surface area contributed by atoms with Gasteiger partial charge < -0.3 is 5.32 Å². The van der Waals surface area contributed by atoms with Crippen LogP contribution in [0, 0.1) is 17.0 Å². The summed E-state index contributed by atoms with van der Waals surface area (Å²) in [5, 5.41) is 13.7. The number of nitro groups is 1. The second kappa shape index (κ2) is 6.17. The van der Waals surface area contributed by atoms with Gasteiger partial charge in [-0.1, -0.05) is 12.1 Å². The van der Waals surface area contributed by atoms with E-state index in [4.69, 9.17) is 0 Å². The van der Waals surface area contributed by atoms with E-state index in [-0.39, 0.29) is 5.56 Å². The molecule has 0 aromatic heterocycles. The van der Waals surface area contributed by atoms with Gasteiger partial charge in [-0.3, -0.25) is 14.9 Å². The van der Waals surface area contributed by atoms with Crippen molar-refractivity contribution in [2.24, 2.45) is 0 Å². The maximum Gasteiger partial charge on any atom is 0.288 e. The van der Waals surface area contributed by atoms with E-state index in [0.717, 1.165) is 24.0 Å². The van der Waals surface area contributed by atoms with Gasteiger partial charge in [-0.25, -0.2) is 8.42 Å². The second-order valence-electron chi connectivity index (χ2n) is 5.04. The van der Waals surface area contributed by atoms with E-state index in [9.17, 15) is 23.3 Å². The molecule has 23 heavy (non-hydrogen) atoms. The van der Waals surface area contributed by atoms with E-state index in [1.165, 1.54) is 6.07 Å². The molecule has 2 aromatic rings.